The van der Waals surface area contributed by atoms with Crippen molar-refractivity contribution in [3.63, 3.8) is 0 Å². The van der Waals surface area contributed by atoms with Gasteiger partial charge in [0.05, 0.1) is 6.04 Å². The quantitative estimate of drug-likeness (QED) is 0.790. The molecule has 0 radical (unpaired) electrons. The topological polar surface area (TPSA) is 23.6 Å². The minimum atomic E-state index is -0.306. The van der Waals surface area contributed by atoms with Crippen LogP contribution in [-0.4, -0.2) is 54.3 Å². The number of likely N-dealkylation sites (N-methyl/N-ethyl adjacent to an activating group) is 1. The second-order valence-corrected chi connectivity index (χ2v) is 5.58. The summed E-state index contributed by atoms with van der Waals surface area (Å²) in [6.45, 7) is 6.93. The summed E-state index contributed by atoms with van der Waals surface area (Å²) in [4.78, 5) is 17.0. The van der Waals surface area contributed by atoms with Crippen molar-refractivity contribution in [2.75, 3.05) is 26.7 Å². The Kier molecular flexibility index (Phi) is 4.89. The third-order valence-corrected chi connectivity index (χ3v) is 4.34. The number of rotatable bonds is 4. The number of benzene rings is 1. The molecule has 1 aliphatic rings. The first-order valence-corrected chi connectivity index (χ1v) is 7.27. The number of halogens is 1. The van der Waals surface area contributed by atoms with Gasteiger partial charge in [-0.3, -0.25) is 9.69 Å². The summed E-state index contributed by atoms with van der Waals surface area (Å²) in [5.74, 6) is -0.232. The second kappa shape index (κ2) is 6.46. The molecule has 0 N–H and O–H groups in total. The van der Waals surface area contributed by atoms with Crippen LogP contribution in [0.15, 0.2) is 24.3 Å². The van der Waals surface area contributed by atoms with E-state index in [-0.39, 0.29) is 17.6 Å². The first kappa shape index (κ1) is 15.1. The zero-order valence-corrected chi connectivity index (χ0v) is 12.5. The van der Waals surface area contributed by atoms with Gasteiger partial charge < -0.3 is 4.90 Å². The third kappa shape index (κ3) is 3.25. The molecule has 0 saturated carbocycles. The van der Waals surface area contributed by atoms with Gasteiger partial charge in [-0.05, 0) is 44.7 Å². The molecule has 1 saturated heterocycles. The number of nitrogens with zero attached hydrogens (tertiary/aromatic N) is 2. The van der Waals surface area contributed by atoms with Crippen LogP contribution in [0.4, 0.5) is 4.39 Å². The smallest absolute Gasteiger partial charge is 0.179 e. The van der Waals surface area contributed by atoms with Gasteiger partial charge in [-0.1, -0.05) is 6.92 Å². The molecule has 0 amide bonds. The van der Waals surface area contributed by atoms with E-state index in [1.165, 1.54) is 12.1 Å². The van der Waals surface area contributed by atoms with Gasteiger partial charge in [-0.15, -0.1) is 0 Å². The molecule has 110 valence electrons. The maximum atomic E-state index is 12.9. The van der Waals surface area contributed by atoms with Crippen LogP contribution in [0.3, 0.4) is 0 Å². The Morgan fingerprint density at radius 2 is 2.00 bits per heavy atom. The molecule has 2 atom stereocenters. The standard InChI is InChI=1S/C16H23FN2O/c1-4-15-11-19(10-9-18(15)3)12(2)16(20)13-5-7-14(17)8-6-13/h5-8,12,15H,4,9-11H2,1-3H3. The summed E-state index contributed by atoms with van der Waals surface area (Å²) in [6, 6.07) is 6.19. The van der Waals surface area contributed by atoms with Gasteiger partial charge in [0, 0.05) is 31.2 Å². The SMILES string of the molecule is CCC1CN(C(C)C(=O)c2ccc(F)cc2)CCN1C. The summed E-state index contributed by atoms with van der Waals surface area (Å²) in [7, 11) is 2.14. The summed E-state index contributed by atoms with van der Waals surface area (Å²) < 4.78 is 12.9. The normalized spacial score (nSPS) is 22.7. The van der Waals surface area contributed by atoms with E-state index in [1.54, 1.807) is 12.1 Å². The van der Waals surface area contributed by atoms with E-state index >= 15 is 0 Å². The van der Waals surface area contributed by atoms with Crippen LogP contribution < -0.4 is 0 Å². The number of carbonyl (C=O) groups is 1. The number of hydrogen-bond acceptors (Lipinski definition) is 3. The largest absolute Gasteiger partial charge is 0.301 e. The van der Waals surface area contributed by atoms with Gasteiger partial charge in [-0.2, -0.15) is 0 Å². The predicted octanol–water partition coefficient (Wildman–Crippen LogP) is 2.42. The van der Waals surface area contributed by atoms with E-state index in [2.05, 4.69) is 23.8 Å². The summed E-state index contributed by atoms with van der Waals surface area (Å²) >= 11 is 0. The van der Waals surface area contributed by atoms with Crippen LogP contribution in [-0.2, 0) is 0 Å². The second-order valence-electron chi connectivity index (χ2n) is 5.58. The van der Waals surface area contributed by atoms with Crippen molar-refractivity contribution in [3.8, 4) is 0 Å². The molecular formula is C16H23FN2O. The monoisotopic (exact) mass is 278 g/mol. The average molecular weight is 278 g/mol. The fourth-order valence-corrected chi connectivity index (χ4v) is 2.78. The molecule has 0 bridgehead atoms. The van der Waals surface area contributed by atoms with Crippen LogP contribution in [0, 0.1) is 5.82 Å². The van der Waals surface area contributed by atoms with Crippen molar-refractivity contribution in [1.82, 2.24) is 9.80 Å². The fraction of sp³-hybridized carbons (Fsp3) is 0.562. The van der Waals surface area contributed by atoms with Crippen LogP contribution in [0.2, 0.25) is 0 Å². The number of Topliss-reactive ketones (excluding diaryl/α,β-unsaturated/α-hetero) is 1. The maximum Gasteiger partial charge on any atom is 0.179 e. The maximum absolute atomic E-state index is 12.9. The van der Waals surface area contributed by atoms with E-state index in [1.807, 2.05) is 6.92 Å². The fourth-order valence-electron chi connectivity index (χ4n) is 2.78. The van der Waals surface area contributed by atoms with Crippen molar-refractivity contribution in [1.29, 1.82) is 0 Å². The van der Waals surface area contributed by atoms with Crippen LogP contribution in [0.5, 0.6) is 0 Å². The van der Waals surface area contributed by atoms with Crippen molar-refractivity contribution in [2.45, 2.75) is 32.4 Å². The van der Waals surface area contributed by atoms with Crippen molar-refractivity contribution in [2.24, 2.45) is 0 Å². The van der Waals surface area contributed by atoms with Crippen molar-refractivity contribution in [3.05, 3.63) is 35.6 Å². The van der Waals surface area contributed by atoms with E-state index in [4.69, 9.17) is 0 Å². The lowest BCUT2D eigenvalue weighted by Crippen LogP contribution is -2.55. The molecule has 1 aromatic rings. The molecule has 0 aromatic heterocycles. The highest BCUT2D eigenvalue weighted by molar-refractivity contribution is 5.99. The van der Waals surface area contributed by atoms with Gasteiger partial charge in [0.15, 0.2) is 5.78 Å². The molecule has 2 unspecified atom stereocenters. The summed E-state index contributed by atoms with van der Waals surface area (Å²) in [5, 5.41) is 0. The number of hydrogen-bond donors (Lipinski definition) is 0. The molecule has 1 aromatic carbocycles. The Morgan fingerprint density at radius 3 is 2.60 bits per heavy atom. The molecule has 1 heterocycles. The van der Waals surface area contributed by atoms with Crippen LogP contribution >= 0.6 is 0 Å². The lowest BCUT2D eigenvalue weighted by atomic mass is 10.0. The van der Waals surface area contributed by atoms with Crippen molar-refractivity contribution >= 4 is 5.78 Å². The molecule has 2 rings (SSSR count). The van der Waals surface area contributed by atoms with E-state index in [9.17, 15) is 9.18 Å². The Hall–Kier alpha value is -1.26. The highest BCUT2D eigenvalue weighted by atomic mass is 19.1. The molecule has 1 fully saturated rings. The van der Waals surface area contributed by atoms with E-state index in [0.29, 0.717) is 11.6 Å². The highest BCUT2D eigenvalue weighted by Gasteiger charge is 2.29. The Labute approximate surface area is 120 Å². The van der Waals surface area contributed by atoms with Gasteiger partial charge in [0.1, 0.15) is 5.82 Å². The first-order chi connectivity index (χ1) is 9.52. The van der Waals surface area contributed by atoms with Gasteiger partial charge in [0.25, 0.3) is 0 Å². The molecular weight excluding hydrogens is 255 g/mol. The van der Waals surface area contributed by atoms with Gasteiger partial charge >= 0.3 is 0 Å². The highest BCUT2D eigenvalue weighted by Crippen LogP contribution is 2.16. The molecule has 3 nitrogen and oxygen atoms in total. The first-order valence-electron chi connectivity index (χ1n) is 7.27. The lowest BCUT2D eigenvalue weighted by molar-refractivity contribution is 0.0553. The molecule has 0 aliphatic carbocycles. The summed E-state index contributed by atoms with van der Waals surface area (Å²) in [6.07, 6.45) is 1.09. The lowest BCUT2D eigenvalue weighted by Gasteiger charge is -2.41. The number of ketones is 1. The van der Waals surface area contributed by atoms with E-state index in [0.717, 1.165) is 26.1 Å². The third-order valence-electron chi connectivity index (χ3n) is 4.34. The molecule has 20 heavy (non-hydrogen) atoms. The Morgan fingerprint density at radius 1 is 1.35 bits per heavy atom. The van der Waals surface area contributed by atoms with Gasteiger partial charge in [-0.25, -0.2) is 4.39 Å². The Bertz CT molecular complexity index is 460. The molecule has 4 heteroatoms. The number of carbonyl (C=O) groups excluding carboxylic acids is 1. The van der Waals surface area contributed by atoms with Gasteiger partial charge in [0.2, 0.25) is 0 Å². The zero-order valence-electron chi connectivity index (χ0n) is 12.5. The van der Waals surface area contributed by atoms with E-state index < -0.39 is 0 Å². The minimum Gasteiger partial charge on any atom is -0.301 e. The predicted molar refractivity (Wildman–Crippen MR) is 78.5 cm³/mol. The number of piperazine rings is 1. The molecule has 1 aliphatic heterocycles. The summed E-state index contributed by atoms with van der Waals surface area (Å²) in [5.41, 5.74) is 0.589. The zero-order chi connectivity index (χ0) is 14.7. The van der Waals surface area contributed by atoms with Crippen LogP contribution in [0.1, 0.15) is 30.6 Å². The molecule has 0 spiro atoms. The van der Waals surface area contributed by atoms with Crippen molar-refractivity contribution < 1.29 is 9.18 Å². The average Bonchev–Trinajstić information content (AvgIpc) is 2.47. The Balaban J connectivity index is 2.05. The minimum absolute atomic E-state index is 0.0735. The van der Waals surface area contributed by atoms with Crippen LogP contribution in [0.25, 0.3) is 0 Å².